The van der Waals surface area contributed by atoms with Gasteiger partial charge in [-0.1, -0.05) is 18.6 Å². The van der Waals surface area contributed by atoms with Gasteiger partial charge in [0.2, 0.25) is 0 Å². The van der Waals surface area contributed by atoms with Crippen molar-refractivity contribution in [3.05, 3.63) is 35.6 Å². The lowest BCUT2D eigenvalue weighted by Crippen LogP contribution is -2.17. The molecule has 3 nitrogen and oxygen atoms in total. The maximum Gasteiger partial charge on any atom is 0.134 e. The molecule has 1 unspecified atom stereocenters. The molecule has 104 valence electrons. The van der Waals surface area contributed by atoms with E-state index in [1.807, 2.05) is 13.1 Å². The number of fused-ring (bicyclic) bond motifs is 1. The summed E-state index contributed by atoms with van der Waals surface area (Å²) in [6.07, 6.45) is 1.99. The number of hydrogen-bond acceptors (Lipinski definition) is 3. The maximum absolute atomic E-state index is 5.92. The average molecular weight is 261 g/mol. The quantitative estimate of drug-likeness (QED) is 0.769. The Morgan fingerprint density at radius 3 is 2.84 bits per heavy atom. The van der Waals surface area contributed by atoms with Crippen LogP contribution in [0.1, 0.15) is 37.1 Å². The number of furan rings is 1. The van der Waals surface area contributed by atoms with E-state index in [2.05, 4.69) is 37.4 Å². The number of aryl methyl sites for hydroxylation is 1. The Hall–Kier alpha value is -1.32. The van der Waals surface area contributed by atoms with E-state index in [4.69, 9.17) is 9.15 Å². The highest BCUT2D eigenvalue weighted by Gasteiger charge is 2.14. The van der Waals surface area contributed by atoms with Gasteiger partial charge in [0.15, 0.2) is 0 Å². The van der Waals surface area contributed by atoms with Gasteiger partial charge >= 0.3 is 0 Å². The molecule has 0 fully saturated rings. The summed E-state index contributed by atoms with van der Waals surface area (Å²) in [6, 6.07) is 8.61. The lowest BCUT2D eigenvalue weighted by atomic mass is 10.1. The van der Waals surface area contributed by atoms with Crippen molar-refractivity contribution in [3.63, 3.8) is 0 Å². The Morgan fingerprint density at radius 2 is 2.11 bits per heavy atom. The van der Waals surface area contributed by atoms with E-state index in [9.17, 15) is 0 Å². The van der Waals surface area contributed by atoms with Crippen LogP contribution in [0.5, 0.6) is 0 Å². The van der Waals surface area contributed by atoms with Gasteiger partial charge in [-0.05, 0) is 45.0 Å². The first-order valence-electron chi connectivity index (χ1n) is 6.99. The van der Waals surface area contributed by atoms with Crippen LogP contribution in [0.25, 0.3) is 11.0 Å². The molecule has 0 saturated carbocycles. The molecule has 0 bridgehead atoms. The summed E-state index contributed by atoms with van der Waals surface area (Å²) in [4.78, 5) is 0. The third kappa shape index (κ3) is 3.58. The Bertz CT molecular complexity index is 518. The summed E-state index contributed by atoms with van der Waals surface area (Å²) in [5, 5.41) is 4.47. The number of nitrogens with one attached hydrogen (secondary N) is 1. The minimum atomic E-state index is 0.213. The van der Waals surface area contributed by atoms with Crippen molar-refractivity contribution in [2.45, 2.75) is 32.7 Å². The van der Waals surface area contributed by atoms with Crippen LogP contribution < -0.4 is 5.32 Å². The van der Waals surface area contributed by atoms with E-state index in [0.717, 1.165) is 37.4 Å². The third-order valence-electron chi connectivity index (χ3n) is 3.28. The summed E-state index contributed by atoms with van der Waals surface area (Å²) in [5.41, 5.74) is 2.21. The summed E-state index contributed by atoms with van der Waals surface area (Å²) >= 11 is 0. The van der Waals surface area contributed by atoms with E-state index in [1.54, 1.807) is 0 Å². The van der Waals surface area contributed by atoms with E-state index in [1.165, 1.54) is 10.9 Å². The second-order valence-electron chi connectivity index (χ2n) is 4.93. The highest BCUT2D eigenvalue weighted by Crippen LogP contribution is 2.26. The molecule has 3 heteroatoms. The van der Waals surface area contributed by atoms with Crippen LogP contribution in [0.4, 0.5) is 0 Å². The predicted molar refractivity (Wildman–Crippen MR) is 78.5 cm³/mol. The molecule has 0 aliphatic rings. The Kier molecular flexibility index (Phi) is 5.00. The summed E-state index contributed by atoms with van der Waals surface area (Å²) < 4.78 is 11.5. The Morgan fingerprint density at radius 1 is 1.26 bits per heavy atom. The van der Waals surface area contributed by atoms with E-state index < -0.39 is 0 Å². The molecule has 0 radical (unpaired) electrons. The van der Waals surface area contributed by atoms with Gasteiger partial charge in [0.1, 0.15) is 11.3 Å². The average Bonchev–Trinajstić information content (AvgIpc) is 2.81. The third-order valence-corrected chi connectivity index (χ3v) is 3.28. The zero-order valence-electron chi connectivity index (χ0n) is 12.0. The fourth-order valence-corrected chi connectivity index (χ4v) is 2.23. The van der Waals surface area contributed by atoms with Crippen LogP contribution in [0.3, 0.4) is 0 Å². The highest BCUT2D eigenvalue weighted by molar-refractivity contribution is 5.78. The van der Waals surface area contributed by atoms with Crippen LogP contribution in [0.2, 0.25) is 0 Å². The monoisotopic (exact) mass is 261 g/mol. The van der Waals surface area contributed by atoms with Gasteiger partial charge in [-0.15, -0.1) is 0 Å². The fourth-order valence-electron chi connectivity index (χ4n) is 2.23. The molecule has 2 aromatic rings. The summed E-state index contributed by atoms with van der Waals surface area (Å²) in [5.74, 6) is 0.989. The first-order chi connectivity index (χ1) is 9.24. The molecule has 0 amide bonds. The van der Waals surface area contributed by atoms with Gasteiger partial charge in [0.05, 0.1) is 6.04 Å². The SMILES string of the molecule is CCCOCCC(NC)c1cc2cc(C)ccc2o1. The zero-order chi connectivity index (χ0) is 13.7. The standard InChI is InChI=1S/C16H23NO2/c1-4-8-18-9-7-14(17-3)16-11-13-10-12(2)5-6-15(13)19-16/h5-6,10-11,14,17H,4,7-9H2,1-3H3. The van der Waals surface area contributed by atoms with Gasteiger partial charge in [-0.3, -0.25) is 0 Å². The Balaban J connectivity index is 2.07. The van der Waals surface area contributed by atoms with Crippen molar-refractivity contribution in [1.29, 1.82) is 0 Å². The maximum atomic E-state index is 5.92. The number of hydrogen-bond donors (Lipinski definition) is 1. The minimum absolute atomic E-state index is 0.213. The minimum Gasteiger partial charge on any atom is -0.459 e. The van der Waals surface area contributed by atoms with Crippen molar-refractivity contribution >= 4 is 11.0 Å². The lowest BCUT2D eigenvalue weighted by molar-refractivity contribution is 0.123. The van der Waals surface area contributed by atoms with Crippen LogP contribution in [0, 0.1) is 6.92 Å². The fraction of sp³-hybridized carbons (Fsp3) is 0.500. The van der Waals surface area contributed by atoms with E-state index in [0.29, 0.717) is 0 Å². The van der Waals surface area contributed by atoms with Crippen molar-refractivity contribution in [1.82, 2.24) is 5.32 Å². The molecule has 0 aliphatic heterocycles. The van der Waals surface area contributed by atoms with Crippen molar-refractivity contribution in [2.24, 2.45) is 0 Å². The Labute approximate surface area is 114 Å². The van der Waals surface area contributed by atoms with Crippen molar-refractivity contribution in [3.8, 4) is 0 Å². The van der Waals surface area contributed by atoms with Gasteiger partial charge in [-0.2, -0.15) is 0 Å². The predicted octanol–water partition coefficient (Wildman–Crippen LogP) is 3.82. The number of benzene rings is 1. The van der Waals surface area contributed by atoms with Gasteiger partial charge < -0.3 is 14.5 Å². The summed E-state index contributed by atoms with van der Waals surface area (Å²) in [6.45, 7) is 5.81. The second kappa shape index (κ2) is 6.73. The topological polar surface area (TPSA) is 34.4 Å². The van der Waals surface area contributed by atoms with Gasteiger partial charge in [0, 0.05) is 18.6 Å². The van der Waals surface area contributed by atoms with Gasteiger partial charge in [-0.25, -0.2) is 0 Å². The van der Waals surface area contributed by atoms with Crippen LogP contribution in [0.15, 0.2) is 28.7 Å². The highest BCUT2D eigenvalue weighted by atomic mass is 16.5. The molecule has 0 spiro atoms. The second-order valence-corrected chi connectivity index (χ2v) is 4.93. The first kappa shape index (κ1) is 14.1. The molecule has 0 aliphatic carbocycles. The zero-order valence-corrected chi connectivity index (χ0v) is 12.0. The molecule has 0 saturated heterocycles. The molecule has 1 aromatic carbocycles. The van der Waals surface area contributed by atoms with Crippen LogP contribution >= 0.6 is 0 Å². The first-order valence-corrected chi connectivity index (χ1v) is 6.99. The molecule has 1 heterocycles. The molecule has 2 rings (SSSR count). The lowest BCUT2D eigenvalue weighted by Gasteiger charge is -2.13. The smallest absolute Gasteiger partial charge is 0.134 e. The molecule has 1 aromatic heterocycles. The molecule has 1 atom stereocenters. The number of rotatable bonds is 7. The van der Waals surface area contributed by atoms with Crippen molar-refractivity contribution in [2.75, 3.05) is 20.3 Å². The van der Waals surface area contributed by atoms with Crippen LogP contribution in [-0.4, -0.2) is 20.3 Å². The largest absolute Gasteiger partial charge is 0.459 e. The van der Waals surface area contributed by atoms with Gasteiger partial charge in [0.25, 0.3) is 0 Å². The van der Waals surface area contributed by atoms with E-state index >= 15 is 0 Å². The number of ether oxygens (including phenoxy) is 1. The molecule has 1 N–H and O–H groups in total. The normalized spacial score (nSPS) is 13.0. The molecule has 19 heavy (non-hydrogen) atoms. The van der Waals surface area contributed by atoms with E-state index in [-0.39, 0.29) is 6.04 Å². The molecular weight excluding hydrogens is 238 g/mol. The van der Waals surface area contributed by atoms with Crippen molar-refractivity contribution < 1.29 is 9.15 Å². The summed E-state index contributed by atoms with van der Waals surface area (Å²) in [7, 11) is 1.96. The molecular formula is C16H23NO2. The van der Waals surface area contributed by atoms with Crippen LogP contribution in [-0.2, 0) is 4.74 Å².